The van der Waals surface area contributed by atoms with E-state index < -0.39 is 57.7 Å². The topological polar surface area (TPSA) is 122 Å². The van der Waals surface area contributed by atoms with Crippen molar-refractivity contribution in [3.63, 3.8) is 0 Å². The van der Waals surface area contributed by atoms with Crippen LogP contribution in [0.5, 0.6) is 0 Å². The molecule has 50 heavy (non-hydrogen) atoms. The summed E-state index contributed by atoms with van der Waals surface area (Å²) in [4.78, 5) is 33.6. The molecule has 0 spiro atoms. The Morgan fingerprint density at radius 3 is 0.960 bits per heavy atom. The van der Waals surface area contributed by atoms with Crippen LogP contribution in [0.1, 0.15) is 34.1 Å². The third kappa shape index (κ3) is 3.45. The fraction of sp³-hybridized carbons (Fsp3) is 0.381. The van der Waals surface area contributed by atoms with Gasteiger partial charge in [-0.2, -0.15) is 0 Å². The minimum Gasteiger partial charge on any atom is -0.396 e. The standard InChI is InChI=1S/C42H42N2O6/c45-23-39-33(29-17-9-3-10-18-29)40(24-46)36-42(26-48)34(30-19-11-4-12-20-30)41(25-47,35(39)43(36)31(49)21-27-13-5-1-6-14-27)37(39)44(38(40)42)32(50)22-28-15-7-2-8-16-28/h1-20,33-38,45-48H,21-26H2. The van der Waals surface area contributed by atoms with E-state index in [0.717, 1.165) is 22.3 Å². The van der Waals surface area contributed by atoms with Crippen LogP contribution in [0.4, 0.5) is 0 Å². The molecule has 6 aliphatic rings. The van der Waals surface area contributed by atoms with Crippen LogP contribution in [0.25, 0.3) is 0 Å². The molecule has 10 rings (SSSR count). The van der Waals surface area contributed by atoms with E-state index in [1.54, 1.807) is 0 Å². The molecular weight excluding hydrogens is 628 g/mol. The summed E-state index contributed by atoms with van der Waals surface area (Å²) in [5, 5.41) is 47.8. The maximum absolute atomic E-state index is 14.9. The lowest BCUT2D eigenvalue weighted by Gasteiger charge is -2.97. The summed E-state index contributed by atoms with van der Waals surface area (Å²) in [6.07, 6.45) is 0.190. The van der Waals surface area contributed by atoms with Gasteiger partial charge in [0.05, 0.1) is 63.4 Å². The largest absolute Gasteiger partial charge is 0.396 e. The first kappa shape index (κ1) is 31.6. The number of nitrogens with zero attached hydrogens (tertiary/aromatic N) is 2. The van der Waals surface area contributed by atoms with Gasteiger partial charge in [0.25, 0.3) is 0 Å². The Morgan fingerprint density at radius 1 is 0.440 bits per heavy atom. The Morgan fingerprint density at radius 2 is 0.700 bits per heavy atom. The molecule has 8 heteroatoms. The SMILES string of the molecule is O=C(Cc1ccccc1)N1C2C3(CO)C(c4ccccc4)C4(CO)C1C1(CO)C(c5ccccc5)C2(CO)C3N(C(=O)Cc2ccccc2)C41. The van der Waals surface area contributed by atoms with Gasteiger partial charge in [0.2, 0.25) is 11.8 Å². The van der Waals surface area contributed by atoms with Crippen molar-refractivity contribution < 1.29 is 30.0 Å². The Hall–Kier alpha value is -4.34. The molecule has 8 nitrogen and oxygen atoms in total. The van der Waals surface area contributed by atoms with E-state index >= 15 is 0 Å². The van der Waals surface area contributed by atoms with Gasteiger partial charge in [-0.1, -0.05) is 121 Å². The van der Waals surface area contributed by atoms with Gasteiger partial charge in [0.1, 0.15) is 0 Å². The van der Waals surface area contributed by atoms with E-state index in [1.165, 1.54) is 0 Å². The van der Waals surface area contributed by atoms with Crippen molar-refractivity contribution in [2.75, 3.05) is 26.4 Å². The van der Waals surface area contributed by atoms with Gasteiger partial charge in [0.15, 0.2) is 0 Å². The van der Waals surface area contributed by atoms with Gasteiger partial charge in [-0.15, -0.1) is 0 Å². The number of carbonyl (C=O) groups is 2. The van der Waals surface area contributed by atoms with Crippen molar-refractivity contribution in [1.29, 1.82) is 0 Å². The van der Waals surface area contributed by atoms with Crippen molar-refractivity contribution in [1.82, 2.24) is 9.80 Å². The quantitative estimate of drug-likeness (QED) is 0.206. The number of aliphatic hydroxyl groups is 4. The fourth-order valence-electron chi connectivity index (χ4n) is 12.9. The van der Waals surface area contributed by atoms with Crippen LogP contribution < -0.4 is 0 Å². The van der Waals surface area contributed by atoms with E-state index in [9.17, 15) is 30.0 Å². The summed E-state index contributed by atoms with van der Waals surface area (Å²) in [6, 6.07) is 36.0. The summed E-state index contributed by atoms with van der Waals surface area (Å²) < 4.78 is 0. The Balaban J connectivity index is 1.33. The van der Waals surface area contributed by atoms with Crippen LogP contribution in [0.15, 0.2) is 121 Å². The van der Waals surface area contributed by atoms with Crippen LogP contribution in [0.3, 0.4) is 0 Å². The van der Waals surface area contributed by atoms with E-state index in [2.05, 4.69) is 0 Å². The number of hydrogen-bond acceptors (Lipinski definition) is 6. The second-order valence-corrected chi connectivity index (χ2v) is 15.3. The van der Waals surface area contributed by atoms with Crippen molar-refractivity contribution in [3.8, 4) is 0 Å². The summed E-state index contributed by atoms with van der Waals surface area (Å²) in [7, 11) is 0. The predicted octanol–water partition coefficient (Wildman–Crippen LogP) is 3.15. The number of amides is 2. The molecule has 4 saturated heterocycles. The zero-order valence-electron chi connectivity index (χ0n) is 27.8. The van der Waals surface area contributed by atoms with E-state index in [-0.39, 0.29) is 51.1 Å². The molecule has 2 saturated carbocycles. The van der Waals surface area contributed by atoms with E-state index in [0.29, 0.717) is 0 Å². The molecule has 0 aromatic heterocycles. The average molecular weight is 671 g/mol. The number of aliphatic hydroxyl groups excluding tert-OH is 4. The number of piperidine rings is 4. The van der Waals surface area contributed by atoms with Crippen LogP contribution in [-0.2, 0) is 22.4 Å². The number of carbonyl (C=O) groups excluding carboxylic acids is 2. The number of rotatable bonds is 10. The third-order valence-electron chi connectivity index (χ3n) is 13.7. The molecule has 4 aliphatic heterocycles. The van der Waals surface area contributed by atoms with Gasteiger partial charge in [-0.05, 0) is 22.3 Å². The highest BCUT2D eigenvalue weighted by molar-refractivity contribution is 5.86. The maximum Gasteiger partial charge on any atom is 0.227 e. The highest BCUT2D eigenvalue weighted by Crippen LogP contribution is 2.91. The molecule has 6 fully saturated rings. The monoisotopic (exact) mass is 670 g/mol. The van der Waals surface area contributed by atoms with Crippen LogP contribution in [-0.4, -0.2) is 92.6 Å². The van der Waals surface area contributed by atoms with Crippen molar-refractivity contribution >= 4 is 11.8 Å². The lowest BCUT2D eigenvalue weighted by Crippen LogP contribution is -3.08. The van der Waals surface area contributed by atoms with E-state index in [4.69, 9.17) is 0 Å². The molecule has 0 atom stereocenters. The summed E-state index contributed by atoms with van der Waals surface area (Å²) in [5.41, 5.74) is -0.911. The lowest BCUT2D eigenvalue weighted by atomic mass is 9.16. The first-order valence-electron chi connectivity index (χ1n) is 17.7. The minimum absolute atomic E-state index is 0.0951. The van der Waals surface area contributed by atoms with Gasteiger partial charge < -0.3 is 30.2 Å². The average Bonchev–Trinajstić information content (AvgIpc) is 3.14. The molecule has 256 valence electrons. The van der Waals surface area contributed by atoms with Crippen LogP contribution >= 0.6 is 0 Å². The smallest absolute Gasteiger partial charge is 0.227 e. The zero-order valence-corrected chi connectivity index (χ0v) is 27.8. The lowest BCUT2D eigenvalue weighted by molar-refractivity contribution is -0.475. The summed E-state index contributed by atoms with van der Waals surface area (Å²) in [6.45, 7) is -1.43. The fourth-order valence-corrected chi connectivity index (χ4v) is 12.9. The minimum atomic E-state index is -1.10. The predicted molar refractivity (Wildman–Crippen MR) is 186 cm³/mol. The molecule has 4 heterocycles. The molecule has 0 radical (unpaired) electrons. The molecule has 2 aliphatic carbocycles. The normalized spacial score (nSPS) is 36.9. The Bertz CT molecular complexity index is 1720. The molecule has 4 aromatic rings. The summed E-state index contributed by atoms with van der Waals surface area (Å²) >= 11 is 0. The van der Waals surface area contributed by atoms with Crippen LogP contribution in [0.2, 0.25) is 0 Å². The second-order valence-electron chi connectivity index (χ2n) is 15.3. The van der Waals surface area contributed by atoms with Gasteiger partial charge >= 0.3 is 0 Å². The summed E-state index contributed by atoms with van der Waals surface area (Å²) in [5.74, 6) is -1.24. The molecule has 0 unspecified atom stereocenters. The van der Waals surface area contributed by atoms with Gasteiger partial charge in [0, 0.05) is 33.5 Å². The molecule has 4 aromatic carbocycles. The van der Waals surface area contributed by atoms with Gasteiger partial charge in [-0.25, -0.2) is 0 Å². The molecule has 8 bridgehead atoms. The third-order valence-corrected chi connectivity index (χ3v) is 13.7. The highest BCUT2D eigenvalue weighted by atomic mass is 16.3. The zero-order chi connectivity index (χ0) is 34.5. The highest BCUT2D eigenvalue weighted by Gasteiger charge is 3.00. The molecule has 2 amide bonds. The number of benzene rings is 4. The van der Waals surface area contributed by atoms with Gasteiger partial charge in [-0.3, -0.25) is 9.59 Å². The molecular formula is C42H42N2O6. The Kier molecular flexibility index (Phi) is 7.01. The number of hydrogen-bond donors (Lipinski definition) is 4. The Labute approximate surface area is 291 Å². The van der Waals surface area contributed by atoms with Crippen LogP contribution in [0, 0.1) is 21.7 Å². The van der Waals surface area contributed by atoms with Crippen molar-refractivity contribution in [2.45, 2.75) is 48.8 Å². The maximum atomic E-state index is 14.9. The van der Waals surface area contributed by atoms with Crippen molar-refractivity contribution in [3.05, 3.63) is 144 Å². The first-order chi connectivity index (χ1) is 24.4. The first-order valence-corrected chi connectivity index (χ1v) is 17.7. The second kappa shape index (κ2) is 11.1. The molecule has 4 N–H and O–H groups in total. The van der Waals surface area contributed by atoms with Crippen molar-refractivity contribution in [2.24, 2.45) is 21.7 Å². The van der Waals surface area contributed by atoms with E-state index in [1.807, 2.05) is 131 Å².